The van der Waals surface area contributed by atoms with Gasteiger partial charge in [-0.2, -0.15) is 0 Å². The molecule has 0 radical (unpaired) electrons. The van der Waals surface area contributed by atoms with Crippen LogP contribution >= 0.6 is 0 Å². The fraction of sp³-hybridized carbons (Fsp3) is 0.136. The molecule has 0 spiro atoms. The van der Waals surface area contributed by atoms with Gasteiger partial charge in [0.1, 0.15) is 35.2 Å². The van der Waals surface area contributed by atoms with Crippen molar-refractivity contribution < 1.29 is 17.9 Å². The summed E-state index contributed by atoms with van der Waals surface area (Å²) < 4.78 is 47.6. The predicted octanol–water partition coefficient (Wildman–Crippen LogP) is 5.68. The van der Waals surface area contributed by atoms with Gasteiger partial charge in [0.2, 0.25) is 5.90 Å². The Kier molecular flexibility index (Phi) is 4.44. The molecule has 0 amide bonds. The van der Waals surface area contributed by atoms with Crippen LogP contribution in [0.3, 0.4) is 0 Å². The van der Waals surface area contributed by atoms with Crippen LogP contribution in [-0.2, 0) is 4.74 Å². The first-order valence-electron chi connectivity index (χ1n) is 8.58. The molecule has 3 aromatic rings. The van der Waals surface area contributed by atoms with E-state index in [-0.39, 0.29) is 23.4 Å². The highest BCUT2D eigenvalue weighted by molar-refractivity contribution is 5.96. The van der Waals surface area contributed by atoms with Crippen molar-refractivity contribution in [1.29, 1.82) is 0 Å². The van der Waals surface area contributed by atoms with Crippen molar-refractivity contribution in [2.45, 2.75) is 19.1 Å². The molecule has 4 rings (SSSR count). The predicted molar refractivity (Wildman–Crippen MR) is 98.0 cm³/mol. The second kappa shape index (κ2) is 6.91. The van der Waals surface area contributed by atoms with Crippen molar-refractivity contribution in [3.05, 3.63) is 95.3 Å². The Morgan fingerprint density at radius 2 is 1.41 bits per heavy atom. The van der Waals surface area contributed by atoms with Gasteiger partial charge in [-0.25, -0.2) is 18.2 Å². The minimum Gasteiger partial charge on any atom is -0.472 e. The van der Waals surface area contributed by atoms with Crippen LogP contribution in [0.25, 0.3) is 11.1 Å². The molecule has 0 saturated carbocycles. The van der Waals surface area contributed by atoms with Crippen LogP contribution in [0.4, 0.5) is 13.2 Å². The Morgan fingerprint density at radius 1 is 0.778 bits per heavy atom. The minimum absolute atomic E-state index is 0.0405. The van der Waals surface area contributed by atoms with Gasteiger partial charge in [0, 0.05) is 5.56 Å². The van der Waals surface area contributed by atoms with Crippen LogP contribution in [0.5, 0.6) is 0 Å². The number of hydrogen-bond donors (Lipinski definition) is 0. The Labute approximate surface area is 155 Å². The molecule has 0 saturated heterocycles. The second-order valence-corrected chi connectivity index (χ2v) is 6.40. The molecule has 136 valence electrons. The van der Waals surface area contributed by atoms with E-state index in [1.807, 2.05) is 12.1 Å². The lowest BCUT2D eigenvalue weighted by Gasteiger charge is -2.14. The number of nitrogens with zero attached hydrogens (tertiary/aromatic N) is 1. The third kappa shape index (κ3) is 3.21. The van der Waals surface area contributed by atoms with Crippen molar-refractivity contribution in [2.75, 3.05) is 0 Å². The minimum atomic E-state index is -0.712. The van der Waals surface area contributed by atoms with Gasteiger partial charge in [-0.15, -0.1) is 0 Å². The Bertz CT molecular complexity index is 994. The smallest absolute Gasteiger partial charge is 0.223 e. The summed E-state index contributed by atoms with van der Waals surface area (Å²) in [5.74, 6) is -1.76. The monoisotopic (exact) mass is 367 g/mol. The first-order valence-corrected chi connectivity index (χ1v) is 8.58. The SMILES string of the molecule is C[C@H]1OC(c2c(F)cccc2F)=N[C@H]1c1ccc(-c2ccccc2F)cc1. The van der Waals surface area contributed by atoms with Crippen molar-refractivity contribution >= 4 is 5.90 Å². The average Bonchev–Trinajstić information content (AvgIpc) is 3.03. The molecule has 0 aliphatic carbocycles. The largest absolute Gasteiger partial charge is 0.472 e. The Balaban J connectivity index is 1.66. The summed E-state index contributed by atoms with van der Waals surface area (Å²) in [6.07, 6.45) is -0.377. The zero-order valence-electron chi connectivity index (χ0n) is 14.5. The van der Waals surface area contributed by atoms with Gasteiger partial charge in [0.25, 0.3) is 0 Å². The number of ether oxygens (including phenoxy) is 1. The van der Waals surface area contributed by atoms with Crippen molar-refractivity contribution in [3.63, 3.8) is 0 Å². The van der Waals surface area contributed by atoms with E-state index in [0.717, 1.165) is 11.1 Å². The molecule has 0 N–H and O–H groups in total. The van der Waals surface area contributed by atoms with Crippen LogP contribution < -0.4 is 0 Å². The highest BCUT2D eigenvalue weighted by atomic mass is 19.1. The summed E-state index contributed by atoms with van der Waals surface area (Å²) in [7, 11) is 0. The number of halogens is 3. The highest BCUT2D eigenvalue weighted by Crippen LogP contribution is 2.33. The first-order chi connectivity index (χ1) is 13.0. The van der Waals surface area contributed by atoms with Gasteiger partial charge in [-0.05, 0) is 36.2 Å². The number of hydrogen-bond acceptors (Lipinski definition) is 2. The maximum atomic E-state index is 14.0. The molecular weight excluding hydrogens is 351 g/mol. The summed E-state index contributed by atoms with van der Waals surface area (Å²) in [6, 6.07) is 17.1. The summed E-state index contributed by atoms with van der Waals surface area (Å²) in [5, 5.41) is 0. The average molecular weight is 367 g/mol. The van der Waals surface area contributed by atoms with E-state index in [1.165, 1.54) is 24.3 Å². The lowest BCUT2D eigenvalue weighted by atomic mass is 9.99. The number of rotatable bonds is 3. The fourth-order valence-corrected chi connectivity index (χ4v) is 3.23. The molecule has 0 unspecified atom stereocenters. The zero-order chi connectivity index (χ0) is 19.0. The van der Waals surface area contributed by atoms with Crippen molar-refractivity contribution in [2.24, 2.45) is 4.99 Å². The molecule has 1 aliphatic rings. The van der Waals surface area contributed by atoms with Crippen LogP contribution in [-0.4, -0.2) is 12.0 Å². The summed E-state index contributed by atoms with van der Waals surface area (Å²) in [4.78, 5) is 4.39. The van der Waals surface area contributed by atoms with Gasteiger partial charge in [-0.1, -0.05) is 48.5 Å². The third-order valence-electron chi connectivity index (χ3n) is 4.61. The molecule has 0 bridgehead atoms. The molecular formula is C22H16F3NO. The van der Waals surface area contributed by atoms with Gasteiger partial charge < -0.3 is 4.74 Å². The second-order valence-electron chi connectivity index (χ2n) is 6.40. The van der Waals surface area contributed by atoms with Crippen molar-refractivity contribution in [1.82, 2.24) is 0 Å². The highest BCUT2D eigenvalue weighted by Gasteiger charge is 2.32. The summed E-state index contributed by atoms with van der Waals surface area (Å²) >= 11 is 0. The van der Waals surface area contributed by atoms with Crippen molar-refractivity contribution in [3.8, 4) is 11.1 Å². The molecule has 27 heavy (non-hydrogen) atoms. The third-order valence-corrected chi connectivity index (χ3v) is 4.61. The molecule has 1 heterocycles. The van der Waals surface area contributed by atoms with Crippen LogP contribution in [0.15, 0.2) is 71.7 Å². The topological polar surface area (TPSA) is 21.6 Å². The van der Waals surface area contributed by atoms with Crippen LogP contribution in [0.2, 0.25) is 0 Å². The van der Waals surface area contributed by atoms with E-state index in [0.29, 0.717) is 5.56 Å². The van der Waals surface area contributed by atoms with E-state index >= 15 is 0 Å². The molecule has 3 aromatic carbocycles. The first kappa shape index (κ1) is 17.3. The van der Waals surface area contributed by atoms with E-state index in [4.69, 9.17) is 4.74 Å². The maximum Gasteiger partial charge on any atom is 0.223 e. The molecule has 5 heteroatoms. The van der Waals surface area contributed by atoms with Crippen LogP contribution in [0, 0.1) is 17.5 Å². The van der Waals surface area contributed by atoms with Gasteiger partial charge >= 0.3 is 0 Å². The van der Waals surface area contributed by atoms with Gasteiger partial charge in [-0.3, -0.25) is 0 Å². The summed E-state index contributed by atoms with van der Waals surface area (Å²) in [5.41, 5.74) is 1.83. The molecule has 0 fully saturated rings. The zero-order valence-corrected chi connectivity index (χ0v) is 14.5. The lowest BCUT2D eigenvalue weighted by Crippen LogP contribution is -2.14. The standard InChI is InChI=1S/C22H16F3NO/c1-13-21(26-22(27-13)20-18(24)7-4-8-19(20)25)15-11-9-14(10-12-15)16-5-2-3-6-17(16)23/h2-13,21H,1H3/t13-,21-/m1/s1. The maximum absolute atomic E-state index is 14.0. The quantitative estimate of drug-likeness (QED) is 0.584. The van der Waals surface area contributed by atoms with E-state index in [1.54, 1.807) is 37.3 Å². The number of aliphatic imine (C=N–C) groups is 1. The van der Waals surface area contributed by atoms with Gasteiger partial charge in [0.05, 0.1) is 0 Å². The normalized spacial score (nSPS) is 18.9. The van der Waals surface area contributed by atoms with Crippen LogP contribution in [0.1, 0.15) is 24.1 Å². The Hall–Kier alpha value is -3.08. The molecule has 2 atom stereocenters. The molecule has 1 aliphatic heterocycles. The fourth-order valence-electron chi connectivity index (χ4n) is 3.23. The molecule has 0 aromatic heterocycles. The van der Waals surface area contributed by atoms with E-state index < -0.39 is 17.7 Å². The summed E-state index contributed by atoms with van der Waals surface area (Å²) in [6.45, 7) is 1.80. The van der Waals surface area contributed by atoms with E-state index in [2.05, 4.69) is 4.99 Å². The Morgan fingerprint density at radius 3 is 2.07 bits per heavy atom. The number of benzene rings is 3. The van der Waals surface area contributed by atoms with E-state index in [9.17, 15) is 13.2 Å². The lowest BCUT2D eigenvalue weighted by molar-refractivity contribution is 0.213. The van der Waals surface area contributed by atoms with Gasteiger partial charge in [0.15, 0.2) is 0 Å². The molecule has 2 nitrogen and oxygen atoms in total.